The first-order valence-electron chi connectivity index (χ1n) is 5.97. The van der Waals surface area contributed by atoms with E-state index in [1.165, 1.54) is 11.3 Å². The number of nitrogens with zero attached hydrogens (tertiary/aromatic N) is 1. The maximum Gasteiger partial charge on any atom is 0.228 e. The summed E-state index contributed by atoms with van der Waals surface area (Å²) in [5, 5.41) is 0. The number of hydrogen-bond acceptors (Lipinski definition) is 3. The first-order valence-corrected chi connectivity index (χ1v) is 7.20. The molecule has 1 atom stereocenters. The summed E-state index contributed by atoms with van der Waals surface area (Å²) in [4.78, 5) is 18.3. The molecular formula is C12H20N2OS2. The number of rotatable bonds is 5. The van der Waals surface area contributed by atoms with Crippen molar-refractivity contribution in [1.29, 1.82) is 0 Å². The number of hydrogen-bond donors (Lipinski definition) is 1. The van der Waals surface area contributed by atoms with Gasteiger partial charge in [0.15, 0.2) is 3.95 Å². The third-order valence-electron chi connectivity index (χ3n) is 3.02. The maximum atomic E-state index is 12.2. The Morgan fingerprint density at radius 1 is 1.53 bits per heavy atom. The molecule has 0 aromatic carbocycles. The largest absolute Gasteiger partial charge is 0.341 e. The van der Waals surface area contributed by atoms with Crippen LogP contribution < -0.4 is 0 Å². The van der Waals surface area contributed by atoms with Crippen LogP contribution in [0.3, 0.4) is 0 Å². The minimum Gasteiger partial charge on any atom is -0.341 e. The molecular weight excluding hydrogens is 252 g/mol. The number of aryl methyl sites for hydroxylation is 1. The van der Waals surface area contributed by atoms with Crippen molar-refractivity contribution in [2.45, 2.75) is 46.6 Å². The van der Waals surface area contributed by atoms with Gasteiger partial charge in [-0.3, -0.25) is 4.79 Å². The van der Waals surface area contributed by atoms with Gasteiger partial charge < -0.3 is 9.88 Å². The number of aromatic nitrogens is 1. The van der Waals surface area contributed by atoms with Gasteiger partial charge in [0.05, 0.1) is 6.42 Å². The van der Waals surface area contributed by atoms with Gasteiger partial charge in [0, 0.05) is 23.2 Å². The van der Waals surface area contributed by atoms with Gasteiger partial charge in [-0.1, -0.05) is 6.92 Å². The van der Waals surface area contributed by atoms with Gasteiger partial charge in [0.25, 0.3) is 0 Å². The van der Waals surface area contributed by atoms with Gasteiger partial charge >= 0.3 is 0 Å². The quantitative estimate of drug-likeness (QED) is 0.835. The molecule has 0 aliphatic heterocycles. The van der Waals surface area contributed by atoms with E-state index in [9.17, 15) is 4.79 Å². The molecule has 0 saturated carbocycles. The summed E-state index contributed by atoms with van der Waals surface area (Å²) in [5.74, 6) is 0.190. The second-order valence-corrected chi connectivity index (χ2v) is 5.95. The summed E-state index contributed by atoms with van der Waals surface area (Å²) in [6.45, 7) is 8.95. The lowest BCUT2D eigenvalue weighted by Crippen LogP contribution is -2.39. The van der Waals surface area contributed by atoms with Crippen LogP contribution in [0, 0.1) is 10.9 Å². The van der Waals surface area contributed by atoms with Gasteiger partial charge in [0.2, 0.25) is 5.91 Å². The molecule has 0 spiro atoms. The summed E-state index contributed by atoms with van der Waals surface area (Å²) in [6, 6.07) is 0.305. The van der Waals surface area contributed by atoms with Crippen molar-refractivity contribution in [3.63, 3.8) is 0 Å². The molecule has 5 heteroatoms. The van der Waals surface area contributed by atoms with Gasteiger partial charge in [-0.15, -0.1) is 11.3 Å². The number of carbonyl (C=O) groups is 1. The predicted molar refractivity (Wildman–Crippen MR) is 75.1 cm³/mol. The molecule has 0 radical (unpaired) electrons. The van der Waals surface area contributed by atoms with E-state index >= 15 is 0 Å². The molecule has 17 heavy (non-hydrogen) atoms. The Morgan fingerprint density at radius 2 is 2.18 bits per heavy atom. The van der Waals surface area contributed by atoms with E-state index in [1.807, 2.05) is 18.7 Å². The second kappa shape index (κ2) is 6.31. The van der Waals surface area contributed by atoms with Crippen LogP contribution in [0.5, 0.6) is 0 Å². The highest BCUT2D eigenvalue weighted by Crippen LogP contribution is 2.17. The standard InChI is InChI=1S/C12H20N2OS2/c1-5-8(3)14(6-2)11(15)7-10-9(4)13-12(16)17-10/h8H,5-7H2,1-4H3,(H,13,16). The third-order valence-corrected chi connectivity index (χ3v) is 4.36. The summed E-state index contributed by atoms with van der Waals surface area (Å²) >= 11 is 6.58. The molecule has 0 saturated heterocycles. The lowest BCUT2D eigenvalue weighted by molar-refractivity contribution is -0.132. The summed E-state index contributed by atoms with van der Waals surface area (Å²) < 4.78 is 0.747. The molecule has 1 unspecified atom stereocenters. The minimum atomic E-state index is 0.190. The zero-order valence-corrected chi connectivity index (χ0v) is 12.5. The summed E-state index contributed by atoms with van der Waals surface area (Å²) in [7, 11) is 0. The van der Waals surface area contributed by atoms with Crippen molar-refractivity contribution < 1.29 is 4.79 Å². The molecule has 0 fully saturated rings. The van der Waals surface area contributed by atoms with Crippen LogP contribution in [0.25, 0.3) is 0 Å². The minimum absolute atomic E-state index is 0.190. The van der Waals surface area contributed by atoms with E-state index in [4.69, 9.17) is 12.2 Å². The molecule has 1 rings (SSSR count). The zero-order valence-electron chi connectivity index (χ0n) is 10.9. The molecule has 1 heterocycles. The van der Waals surface area contributed by atoms with Crippen LogP contribution in [0.1, 0.15) is 37.8 Å². The molecule has 0 aliphatic rings. The van der Waals surface area contributed by atoms with E-state index < -0.39 is 0 Å². The molecule has 1 aromatic heterocycles. The number of H-pyrrole nitrogens is 1. The monoisotopic (exact) mass is 272 g/mol. The Balaban J connectivity index is 2.77. The van der Waals surface area contributed by atoms with Crippen molar-refractivity contribution in [3.05, 3.63) is 14.5 Å². The second-order valence-electron chi connectivity index (χ2n) is 4.18. The van der Waals surface area contributed by atoms with Crippen LogP contribution >= 0.6 is 23.6 Å². The number of carbonyl (C=O) groups excluding carboxylic acids is 1. The van der Waals surface area contributed by atoms with E-state index in [1.54, 1.807) is 0 Å². The fourth-order valence-electron chi connectivity index (χ4n) is 1.80. The molecule has 0 bridgehead atoms. The Morgan fingerprint density at radius 3 is 2.59 bits per heavy atom. The average molecular weight is 272 g/mol. The van der Waals surface area contributed by atoms with Crippen molar-refractivity contribution in [2.75, 3.05) is 6.54 Å². The molecule has 3 nitrogen and oxygen atoms in total. The fraction of sp³-hybridized carbons (Fsp3) is 0.667. The Kier molecular flexibility index (Phi) is 5.33. The van der Waals surface area contributed by atoms with Gasteiger partial charge in [-0.05, 0) is 39.4 Å². The van der Waals surface area contributed by atoms with Crippen LogP contribution in [-0.2, 0) is 11.2 Å². The van der Waals surface area contributed by atoms with E-state index in [-0.39, 0.29) is 5.91 Å². The SMILES string of the molecule is CCC(C)N(CC)C(=O)Cc1sc(=S)[nH]c1C. The van der Waals surface area contributed by atoms with Crippen molar-refractivity contribution in [3.8, 4) is 0 Å². The van der Waals surface area contributed by atoms with Crippen LogP contribution in [-0.4, -0.2) is 28.4 Å². The summed E-state index contributed by atoms with van der Waals surface area (Å²) in [6.07, 6.45) is 1.45. The van der Waals surface area contributed by atoms with Crippen LogP contribution in [0.4, 0.5) is 0 Å². The number of aromatic amines is 1. The van der Waals surface area contributed by atoms with Gasteiger partial charge in [0.1, 0.15) is 0 Å². The predicted octanol–water partition coefficient (Wildman–Crippen LogP) is 3.30. The average Bonchev–Trinajstić information content (AvgIpc) is 2.58. The van der Waals surface area contributed by atoms with Crippen molar-refractivity contribution in [2.24, 2.45) is 0 Å². The van der Waals surface area contributed by atoms with E-state index in [0.717, 1.165) is 27.5 Å². The van der Waals surface area contributed by atoms with Crippen LogP contribution in [0.15, 0.2) is 0 Å². The first kappa shape index (κ1) is 14.4. The smallest absolute Gasteiger partial charge is 0.228 e. The molecule has 96 valence electrons. The Labute approximate surface area is 112 Å². The highest BCUT2D eigenvalue weighted by atomic mass is 32.1. The number of likely N-dealkylation sites (N-methyl/N-ethyl adjacent to an activating group) is 1. The highest BCUT2D eigenvalue weighted by molar-refractivity contribution is 7.73. The zero-order chi connectivity index (χ0) is 13.0. The van der Waals surface area contributed by atoms with Crippen molar-refractivity contribution in [1.82, 2.24) is 9.88 Å². The Hall–Kier alpha value is -0.680. The third kappa shape index (κ3) is 3.64. The van der Waals surface area contributed by atoms with Crippen molar-refractivity contribution >= 4 is 29.5 Å². The maximum absolute atomic E-state index is 12.2. The molecule has 0 aliphatic carbocycles. The lowest BCUT2D eigenvalue weighted by Gasteiger charge is -2.27. The van der Waals surface area contributed by atoms with E-state index in [2.05, 4.69) is 18.8 Å². The fourth-order valence-corrected chi connectivity index (χ4v) is 3.08. The first-order chi connectivity index (χ1) is 7.99. The molecule has 1 N–H and O–H groups in total. The Bertz CT molecular complexity index is 436. The van der Waals surface area contributed by atoms with Gasteiger partial charge in [-0.2, -0.15) is 0 Å². The van der Waals surface area contributed by atoms with E-state index in [0.29, 0.717) is 12.5 Å². The highest BCUT2D eigenvalue weighted by Gasteiger charge is 2.18. The normalized spacial score (nSPS) is 12.5. The topological polar surface area (TPSA) is 36.1 Å². The number of thiazole rings is 1. The summed E-state index contributed by atoms with van der Waals surface area (Å²) in [5.41, 5.74) is 1.02. The number of amides is 1. The van der Waals surface area contributed by atoms with Gasteiger partial charge in [-0.25, -0.2) is 0 Å². The number of nitrogens with one attached hydrogen (secondary N) is 1. The molecule has 1 amide bonds. The lowest BCUT2D eigenvalue weighted by atomic mass is 10.2. The van der Waals surface area contributed by atoms with Crippen LogP contribution in [0.2, 0.25) is 0 Å². The molecule has 1 aromatic rings.